The van der Waals surface area contributed by atoms with Gasteiger partial charge in [0.1, 0.15) is 17.6 Å². The molecule has 0 radical (unpaired) electrons. The number of aliphatic hydroxyl groups excluding tert-OH is 1. The van der Waals surface area contributed by atoms with E-state index in [-0.39, 0.29) is 11.5 Å². The van der Waals surface area contributed by atoms with Crippen molar-refractivity contribution >= 4 is 5.97 Å². The van der Waals surface area contributed by atoms with E-state index in [0.29, 0.717) is 36.8 Å². The number of rotatable bonds is 8. The van der Waals surface area contributed by atoms with Gasteiger partial charge >= 0.3 is 5.97 Å². The highest BCUT2D eigenvalue weighted by Gasteiger charge is 2.28. The molecule has 4 N–H and O–H groups in total. The third-order valence-corrected chi connectivity index (χ3v) is 4.70. The van der Waals surface area contributed by atoms with Gasteiger partial charge in [-0.15, -0.1) is 0 Å². The highest BCUT2D eigenvalue weighted by molar-refractivity contribution is 5.91. The Morgan fingerprint density at radius 3 is 2.70 bits per heavy atom. The molecule has 0 aliphatic carbocycles. The molecule has 0 spiro atoms. The summed E-state index contributed by atoms with van der Waals surface area (Å²) < 4.78 is 5.29. The Hall–Kier alpha value is -2.31. The van der Waals surface area contributed by atoms with E-state index in [1.165, 1.54) is 18.2 Å². The zero-order valence-electron chi connectivity index (χ0n) is 16.0. The molecule has 1 unspecified atom stereocenters. The fourth-order valence-electron chi connectivity index (χ4n) is 2.88. The first-order valence-electron chi connectivity index (χ1n) is 9.07. The van der Waals surface area contributed by atoms with Crippen molar-refractivity contribution in [2.45, 2.75) is 64.3 Å². The van der Waals surface area contributed by atoms with Crippen LogP contribution in [0.1, 0.15) is 58.1 Å². The van der Waals surface area contributed by atoms with E-state index in [4.69, 9.17) is 4.74 Å². The van der Waals surface area contributed by atoms with Gasteiger partial charge in [0, 0.05) is 11.1 Å². The van der Waals surface area contributed by atoms with E-state index in [9.17, 15) is 25.2 Å². The molecule has 2 rings (SSSR count). The molecule has 0 amide bonds. The van der Waals surface area contributed by atoms with Gasteiger partial charge in [0.2, 0.25) is 0 Å². The summed E-state index contributed by atoms with van der Waals surface area (Å²) in [5, 5.41) is 39.1. The molecule has 1 heterocycles. The Kier molecular flexibility index (Phi) is 6.68. The van der Waals surface area contributed by atoms with Gasteiger partial charge in [0.25, 0.3) is 0 Å². The maximum Gasteiger partial charge on any atom is 0.334 e. The van der Waals surface area contributed by atoms with Gasteiger partial charge in [-0.25, -0.2) is 4.79 Å². The molecule has 0 fully saturated rings. The van der Waals surface area contributed by atoms with Crippen molar-refractivity contribution in [2.24, 2.45) is 0 Å². The Bertz CT molecular complexity index is 742. The third kappa shape index (κ3) is 5.84. The van der Waals surface area contributed by atoms with Crippen molar-refractivity contribution in [3.05, 3.63) is 47.1 Å². The molecule has 0 bridgehead atoms. The van der Waals surface area contributed by atoms with E-state index in [0.717, 1.165) is 5.57 Å². The van der Waals surface area contributed by atoms with Gasteiger partial charge in [-0.2, -0.15) is 0 Å². The van der Waals surface area contributed by atoms with Crippen LogP contribution >= 0.6 is 0 Å². The van der Waals surface area contributed by atoms with E-state index in [1.54, 1.807) is 19.9 Å². The van der Waals surface area contributed by atoms with Gasteiger partial charge in [-0.1, -0.05) is 11.6 Å². The average molecular weight is 376 g/mol. The SMILES string of the molecule is C/C(=C\CCC1=C[C@@H](c2cc(O)ccc2O)OC1=O)CCC(O)C(C)(C)O. The molecular formula is C21H28O6. The van der Waals surface area contributed by atoms with E-state index in [2.05, 4.69) is 0 Å². The highest BCUT2D eigenvalue weighted by Crippen LogP contribution is 2.36. The average Bonchev–Trinajstić information content (AvgIpc) is 2.94. The van der Waals surface area contributed by atoms with Crippen LogP contribution in [0.15, 0.2) is 41.5 Å². The molecule has 1 aromatic carbocycles. The maximum atomic E-state index is 12.0. The number of benzene rings is 1. The number of esters is 1. The van der Waals surface area contributed by atoms with Crippen molar-refractivity contribution in [3.63, 3.8) is 0 Å². The number of phenols is 2. The summed E-state index contributed by atoms with van der Waals surface area (Å²) in [6, 6.07) is 4.10. The predicted octanol–water partition coefficient (Wildman–Crippen LogP) is 3.26. The summed E-state index contributed by atoms with van der Waals surface area (Å²) >= 11 is 0. The number of phenolic OH excluding ortho intramolecular Hbond substituents is 2. The number of carbonyl (C=O) groups is 1. The van der Waals surface area contributed by atoms with Crippen molar-refractivity contribution in [1.29, 1.82) is 0 Å². The van der Waals surface area contributed by atoms with Gasteiger partial charge in [0.05, 0.1) is 11.7 Å². The highest BCUT2D eigenvalue weighted by atomic mass is 16.5. The number of carbonyl (C=O) groups excluding carboxylic acids is 1. The van der Waals surface area contributed by atoms with Gasteiger partial charge < -0.3 is 25.2 Å². The van der Waals surface area contributed by atoms with Gasteiger partial charge in [-0.05, 0) is 70.7 Å². The van der Waals surface area contributed by atoms with E-state index < -0.39 is 23.8 Å². The number of aromatic hydroxyl groups is 2. The molecule has 148 valence electrons. The summed E-state index contributed by atoms with van der Waals surface area (Å²) in [5.74, 6) is -0.469. The first kappa shape index (κ1) is 21.0. The zero-order valence-corrected chi connectivity index (χ0v) is 16.0. The third-order valence-electron chi connectivity index (χ3n) is 4.70. The molecule has 0 saturated heterocycles. The summed E-state index contributed by atoms with van der Waals surface area (Å²) in [5.41, 5.74) is 0.840. The summed E-state index contributed by atoms with van der Waals surface area (Å²) in [6.45, 7) is 5.11. The van der Waals surface area contributed by atoms with Gasteiger partial charge in [0.15, 0.2) is 0 Å². The van der Waals surface area contributed by atoms with Crippen LogP contribution in [-0.2, 0) is 9.53 Å². The second-order valence-corrected chi connectivity index (χ2v) is 7.56. The second kappa shape index (κ2) is 8.59. The van der Waals surface area contributed by atoms with E-state index in [1.807, 2.05) is 13.0 Å². The van der Waals surface area contributed by atoms with E-state index >= 15 is 0 Å². The van der Waals surface area contributed by atoms with Crippen LogP contribution in [0.25, 0.3) is 0 Å². The normalized spacial score (nSPS) is 19.0. The molecule has 6 heteroatoms. The Labute approximate surface area is 159 Å². The molecule has 27 heavy (non-hydrogen) atoms. The summed E-state index contributed by atoms with van der Waals surface area (Å²) in [6.07, 6.45) is 4.45. The fraction of sp³-hybridized carbons (Fsp3) is 0.476. The molecule has 0 saturated carbocycles. The summed E-state index contributed by atoms with van der Waals surface area (Å²) in [7, 11) is 0. The number of ether oxygens (including phenoxy) is 1. The van der Waals surface area contributed by atoms with Crippen molar-refractivity contribution in [2.75, 3.05) is 0 Å². The first-order chi connectivity index (χ1) is 12.6. The minimum Gasteiger partial charge on any atom is -0.508 e. The maximum absolute atomic E-state index is 12.0. The molecule has 0 aromatic heterocycles. The topological polar surface area (TPSA) is 107 Å². The lowest BCUT2D eigenvalue weighted by molar-refractivity contribution is -0.140. The lowest BCUT2D eigenvalue weighted by atomic mass is 9.95. The Balaban J connectivity index is 1.91. The predicted molar refractivity (Wildman–Crippen MR) is 101 cm³/mol. The lowest BCUT2D eigenvalue weighted by Gasteiger charge is -2.24. The van der Waals surface area contributed by atoms with Crippen LogP contribution in [0.3, 0.4) is 0 Å². The van der Waals surface area contributed by atoms with Crippen LogP contribution in [0, 0.1) is 0 Å². The molecule has 1 aromatic rings. The largest absolute Gasteiger partial charge is 0.508 e. The minimum atomic E-state index is -1.12. The van der Waals surface area contributed by atoms with Crippen molar-refractivity contribution < 1.29 is 30.0 Å². The van der Waals surface area contributed by atoms with Crippen LogP contribution in [-0.4, -0.2) is 38.1 Å². The molecular weight excluding hydrogens is 348 g/mol. The number of hydrogen-bond donors (Lipinski definition) is 4. The van der Waals surface area contributed by atoms with Crippen LogP contribution in [0.5, 0.6) is 11.5 Å². The second-order valence-electron chi connectivity index (χ2n) is 7.56. The van der Waals surface area contributed by atoms with Crippen molar-refractivity contribution in [3.8, 4) is 11.5 Å². The smallest absolute Gasteiger partial charge is 0.334 e. The molecule has 6 nitrogen and oxygen atoms in total. The minimum absolute atomic E-state index is 0.00694. The van der Waals surface area contributed by atoms with Gasteiger partial charge in [-0.3, -0.25) is 0 Å². The summed E-state index contributed by atoms with van der Waals surface area (Å²) in [4.78, 5) is 12.0. The number of cyclic esters (lactones) is 1. The molecule has 1 aliphatic heterocycles. The van der Waals surface area contributed by atoms with Crippen LogP contribution in [0.2, 0.25) is 0 Å². The van der Waals surface area contributed by atoms with Crippen LogP contribution < -0.4 is 0 Å². The quantitative estimate of drug-likeness (QED) is 0.315. The number of hydrogen-bond acceptors (Lipinski definition) is 6. The molecule has 2 atom stereocenters. The van der Waals surface area contributed by atoms with Crippen molar-refractivity contribution in [1.82, 2.24) is 0 Å². The molecule has 1 aliphatic rings. The number of aliphatic hydroxyl groups is 2. The fourth-order valence-corrected chi connectivity index (χ4v) is 2.88. The standard InChI is InChI=1S/C21H28O6/c1-13(7-10-19(24)21(2,3)26)5-4-6-14-11-18(27-20(14)25)16-12-15(22)8-9-17(16)23/h5,8-9,11-12,18-19,22-24,26H,4,6-7,10H2,1-3H3/b13-5+/t18-,19?/m0/s1. The Morgan fingerprint density at radius 2 is 2.04 bits per heavy atom. The zero-order chi connectivity index (χ0) is 20.2. The lowest BCUT2D eigenvalue weighted by Crippen LogP contribution is -2.35. The Morgan fingerprint density at radius 1 is 1.33 bits per heavy atom. The number of allylic oxidation sites excluding steroid dienone is 2. The monoisotopic (exact) mass is 376 g/mol. The van der Waals surface area contributed by atoms with Crippen LogP contribution in [0.4, 0.5) is 0 Å². The first-order valence-corrected chi connectivity index (χ1v) is 9.07.